The number of rotatable bonds is 0. The van der Waals surface area contributed by atoms with Crippen LogP contribution in [0.2, 0.25) is 0 Å². The lowest BCUT2D eigenvalue weighted by Gasteiger charge is -2.36. The van der Waals surface area contributed by atoms with Crippen molar-refractivity contribution >= 4 is 0 Å². The first-order valence-electron chi connectivity index (χ1n) is 6.18. The Morgan fingerprint density at radius 1 is 1.25 bits per heavy atom. The predicted octanol–water partition coefficient (Wildman–Crippen LogP) is 2.36. The smallest absolute Gasteiger partial charge is 0.126 e. The van der Waals surface area contributed by atoms with Gasteiger partial charge < -0.3 is 10.1 Å². The summed E-state index contributed by atoms with van der Waals surface area (Å²) in [5.74, 6) is 1.15. The highest BCUT2D eigenvalue weighted by molar-refractivity contribution is 5.45. The van der Waals surface area contributed by atoms with Gasteiger partial charge in [-0.15, -0.1) is 0 Å². The maximum atomic E-state index is 6.30. The molecule has 16 heavy (non-hydrogen) atoms. The first-order chi connectivity index (χ1) is 7.69. The van der Waals surface area contributed by atoms with E-state index in [-0.39, 0.29) is 5.60 Å². The quantitative estimate of drug-likeness (QED) is 0.720. The molecular formula is C14H19NO. The molecule has 0 radical (unpaired) electrons. The topological polar surface area (TPSA) is 21.3 Å². The number of fused-ring (bicyclic) bond motifs is 1. The van der Waals surface area contributed by atoms with Crippen LogP contribution in [-0.2, 0) is 6.42 Å². The number of ether oxygens (including phenoxy) is 1. The maximum absolute atomic E-state index is 6.30. The van der Waals surface area contributed by atoms with E-state index in [0.717, 1.165) is 31.7 Å². The monoisotopic (exact) mass is 217 g/mol. The molecule has 0 aliphatic carbocycles. The van der Waals surface area contributed by atoms with Crippen LogP contribution in [0.3, 0.4) is 0 Å². The van der Waals surface area contributed by atoms with E-state index in [1.54, 1.807) is 0 Å². The molecule has 2 heterocycles. The highest BCUT2D eigenvalue weighted by atomic mass is 16.5. The van der Waals surface area contributed by atoms with Gasteiger partial charge in [-0.3, -0.25) is 0 Å². The van der Waals surface area contributed by atoms with Crippen LogP contribution in [0.15, 0.2) is 12.1 Å². The lowest BCUT2D eigenvalue weighted by Crippen LogP contribution is -2.41. The minimum Gasteiger partial charge on any atom is -0.485 e. The fourth-order valence-electron chi connectivity index (χ4n) is 3.03. The van der Waals surface area contributed by atoms with Crippen molar-refractivity contribution in [2.75, 3.05) is 13.1 Å². The van der Waals surface area contributed by atoms with E-state index in [1.165, 1.54) is 23.1 Å². The third-order valence-electron chi connectivity index (χ3n) is 3.87. The molecule has 0 amide bonds. The standard InChI is InChI=1S/C14H19NO/c1-10-7-11(2)13-12(8-10)3-4-14(16-13)5-6-15-9-14/h7-8,15H,3-6,9H2,1-2H3. The first-order valence-corrected chi connectivity index (χ1v) is 6.18. The zero-order valence-electron chi connectivity index (χ0n) is 10.1. The zero-order valence-corrected chi connectivity index (χ0v) is 10.1. The summed E-state index contributed by atoms with van der Waals surface area (Å²) >= 11 is 0. The van der Waals surface area contributed by atoms with Gasteiger partial charge in [-0.25, -0.2) is 0 Å². The number of nitrogens with one attached hydrogen (secondary N) is 1. The highest BCUT2D eigenvalue weighted by Gasteiger charge is 2.39. The summed E-state index contributed by atoms with van der Waals surface area (Å²) in [4.78, 5) is 0. The normalized spacial score (nSPS) is 27.9. The second-order valence-electron chi connectivity index (χ2n) is 5.28. The minimum atomic E-state index is 0.0903. The average Bonchev–Trinajstić information content (AvgIpc) is 2.68. The van der Waals surface area contributed by atoms with Crippen molar-refractivity contribution < 1.29 is 4.74 Å². The summed E-state index contributed by atoms with van der Waals surface area (Å²) in [6.45, 7) is 6.43. The van der Waals surface area contributed by atoms with E-state index in [0.29, 0.717) is 0 Å². The Morgan fingerprint density at radius 2 is 2.12 bits per heavy atom. The SMILES string of the molecule is Cc1cc(C)c2c(c1)CCC1(CCNC1)O2. The Balaban J connectivity index is 1.99. The molecule has 1 saturated heterocycles. The van der Waals surface area contributed by atoms with Gasteiger partial charge in [-0.2, -0.15) is 0 Å². The van der Waals surface area contributed by atoms with Gasteiger partial charge in [0.05, 0.1) is 0 Å². The fourth-order valence-corrected chi connectivity index (χ4v) is 3.03. The van der Waals surface area contributed by atoms with Crippen molar-refractivity contribution in [2.24, 2.45) is 0 Å². The summed E-state index contributed by atoms with van der Waals surface area (Å²) in [6.07, 6.45) is 3.48. The van der Waals surface area contributed by atoms with Gasteiger partial charge in [0.25, 0.3) is 0 Å². The summed E-state index contributed by atoms with van der Waals surface area (Å²) in [6, 6.07) is 4.50. The number of hydrogen-bond donors (Lipinski definition) is 1. The van der Waals surface area contributed by atoms with Gasteiger partial charge in [-0.05, 0) is 44.4 Å². The molecule has 1 N–H and O–H groups in total. The van der Waals surface area contributed by atoms with Crippen LogP contribution in [0.5, 0.6) is 5.75 Å². The Bertz CT molecular complexity index is 419. The molecule has 86 valence electrons. The molecule has 1 aromatic carbocycles. The summed E-state index contributed by atoms with van der Waals surface area (Å²) in [7, 11) is 0. The van der Waals surface area contributed by atoms with Crippen LogP contribution in [0, 0.1) is 13.8 Å². The van der Waals surface area contributed by atoms with E-state index >= 15 is 0 Å². The molecule has 2 heteroatoms. The van der Waals surface area contributed by atoms with Gasteiger partial charge in [0, 0.05) is 13.0 Å². The zero-order chi connectivity index (χ0) is 11.2. The Kier molecular flexibility index (Phi) is 2.21. The second-order valence-corrected chi connectivity index (χ2v) is 5.28. The van der Waals surface area contributed by atoms with Gasteiger partial charge in [0.15, 0.2) is 0 Å². The number of benzene rings is 1. The lowest BCUT2D eigenvalue weighted by molar-refractivity contribution is 0.0655. The molecular weight excluding hydrogens is 198 g/mol. The molecule has 2 aliphatic heterocycles. The van der Waals surface area contributed by atoms with Crippen molar-refractivity contribution in [3.63, 3.8) is 0 Å². The molecule has 1 unspecified atom stereocenters. The average molecular weight is 217 g/mol. The maximum Gasteiger partial charge on any atom is 0.126 e. The van der Waals surface area contributed by atoms with Crippen molar-refractivity contribution in [1.29, 1.82) is 0 Å². The summed E-state index contributed by atoms with van der Waals surface area (Å²) in [5.41, 5.74) is 4.13. The van der Waals surface area contributed by atoms with Crippen LogP contribution in [0.4, 0.5) is 0 Å². The molecule has 1 atom stereocenters. The lowest BCUT2D eigenvalue weighted by atomic mass is 9.88. The number of hydrogen-bond acceptors (Lipinski definition) is 2. The van der Waals surface area contributed by atoms with E-state index in [1.807, 2.05) is 0 Å². The van der Waals surface area contributed by atoms with E-state index in [4.69, 9.17) is 4.74 Å². The molecule has 1 spiro atoms. The summed E-state index contributed by atoms with van der Waals surface area (Å²) in [5, 5.41) is 3.42. The first kappa shape index (κ1) is 10.2. The van der Waals surface area contributed by atoms with Crippen LogP contribution in [-0.4, -0.2) is 18.7 Å². The number of aryl methyl sites for hydroxylation is 3. The molecule has 0 bridgehead atoms. The largest absolute Gasteiger partial charge is 0.485 e. The second kappa shape index (κ2) is 3.49. The van der Waals surface area contributed by atoms with Crippen molar-refractivity contribution in [2.45, 2.75) is 38.7 Å². The van der Waals surface area contributed by atoms with Crippen LogP contribution < -0.4 is 10.1 Å². The van der Waals surface area contributed by atoms with Gasteiger partial charge in [0.1, 0.15) is 11.4 Å². The van der Waals surface area contributed by atoms with Crippen LogP contribution in [0.1, 0.15) is 29.5 Å². The predicted molar refractivity (Wildman–Crippen MR) is 65.1 cm³/mol. The van der Waals surface area contributed by atoms with Gasteiger partial charge in [0.2, 0.25) is 0 Å². The van der Waals surface area contributed by atoms with E-state index in [9.17, 15) is 0 Å². The van der Waals surface area contributed by atoms with Gasteiger partial charge in [-0.1, -0.05) is 17.7 Å². The minimum absolute atomic E-state index is 0.0903. The molecule has 2 nitrogen and oxygen atoms in total. The van der Waals surface area contributed by atoms with Crippen molar-refractivity contribution in [3.05, 3.63) is 28.8 Å². The van der Waals surface area contributed by atoms with E-state index in [2.05, 4.69) is 31.3 Å². The fraction of sp³-hybridized carbons (Fsp3) is 0.571. The Labute approximate surface area is 97.0 Å². The third kappa shape index (κ3) is 1.52. The third-order valence-corrected chi connectivity index (χ3v) is 3.87. The van der Waals surface area contributed by atoms with Gasteiger partial charge >= 0.3 is 0 Å². The van der Waals surface area contributed by atoms with Crippen molar-refractivity contribution in [1.82, 2.24) is 5.32 Å². The van der Waals surface area contributed by atoms with Crippen molar-refractivity contribution in [3.8, 4) is 5.75 Å². The molecule has 0 aromatic heterocycles. The molecule has 0 saturated carbocycles. The molecule has 3 rings (SSSR count). The highest BCUT2D eigenvalue weighted by Crippen LogP contribution is 2.39. The summed E-state index contributed by atoms with van der Waals surface area (Å²) < 4.78 is 6.30. The molecule has 2 aliphatic rings. The van der Waals surface area contributed by atoms with Crippen LogP contribution in [0.25, 0.3) is 0 Å². The molecule has 1 aromatic rings. The Morgan fingerprint density at radius 3 is 2.88 bits per heavy atom. The Hall–Kier alpha value is -1.02. The molecule has 1 fully saturated rings. The van der Waals surface area contributed by atoms with Crippen LogP contribution >= 0.6 is 0 Å². The van der Waals surface area contributed by atoms with E-state index < -0.39 is 0 Å².